The Morgan fingerprint density at radius 2 is 2.12 bits per heavy atom. The van der Waals surface area contributed by atoms with Gasteiger partial charge in [-0.3, -0.25) is 9.89 Å². The van der Waals surface area contributed by atoms with Crippen LogP contribution in [-0.4, -0.2) is 25.7 Å². The average molecular weight is 342 g/mol. The first-order chi connectivity index (χ1) is 12.0. The Balaban J connectivity index is 1.82. The number of nitrogens with one attached hydrogen (secondary N) is 1. The number of nitrogens with two attached hydrogens (primary N) is 2. The summed E-state index contributed by atoms with van der Waals surface area (Å²) in [6, 6.07) is 1.45. The minimum atomic E-state index is -0.852. The number of amides is 1. The first-order valence-corrected chi connectivity index (χ1v) is 7.47. The molecule has 5 N–H and O–H groups in total. The summed E-state index contributed by atoms with van der Waals surface area (Å²) in [7, 11) is 0. The molecule has 1 aliphatic carbocycles. The average Bonchev–Trinajstić information content (AvgIpc) is 3.20. The smallest absolute Gasteiger partial charge is 0.255 e. The summed E-state index contributed by atoms with van der Waals surface area (Å²) in [6.45, 7) is 0. The number of fused-ring (bicyclic) bond motifs is 1. The van der Waals surface area contributed by atoms with Gasteiger partial charge in [0.25, 0.3) is 5.91 Å². The number of nitrogen functional groups attached to an aromatic ring is 1. The molecule has 2 heterocycles. The van der Waals surface area contributed by atoms with Crippen LogP contribution in [-0.2, 0) is 0 Å². The molecule has 0 saturated heterocycles. The Bertz CT molecular complexity index is 1080. The fourth-order valence-electron chi connectivity index (χ4n) is 2.68. The molecule has 0 unspecified atom stereocenters. The lowest BCUT2D eigenvalue weighted by molar-refractivity contribution is 0.100. The Hall–Kier alpha value is -3.41. The van der Waals surface area contributed by atoms with E-state index in [2.05, 4.69) is 27.0 Å². The van der Waals surface area contributed by atoms with Crippen LogP contribution in [0.2, 0.25) is 0 Å². The van der Waals surface area contributed by atoms with Gasteiger partial charge in [0.15, 0.2) is 11.6 Å². The van der Waals surface area contributed by atoms with Gasteiger partial charge in [-0.25, -0.2) is 13.8 Å². The highest BCUT2D eigenvalue weighted by Crippen LogP contribution is 2.38. The van der Waals surface area contributed by atoms with Crippen molar-refractivity contribution >= 4 is 22.8 Å². The van der Waals surface area contributed by atoms with Crippen molar-refractivity contribution in [3.63, 3.8) is 0 Å². The number of halogens is 2. The van der Waals surface area contributed by atoms with Gasteiger partial charge in [-0.2, -0.15) is 5.10 Å². The minimum Gasteiger partial charge on any atom is -0.382 e. The number of carbonyl (C=O) groups is 1. The second kappa shape index (κ2) is 5.31. The van der Waals surface area contributed by atoms with Gasteiger partial charge in [0.2, 0.25) is 0 Å². The van der Waals surface area contributed by atoms with E-state index in [0.29, 0.717) is 5.52 Å². The molecule has 2 aromatic heterocycles. The van der Waals surface area contributed by atoms with Crippen LogP contribution >= 0.6 is 0 Å². The maximum absolute atomic E-state index is 14.6. The number of benzene rings is 1. The predicted octanol–water partition coefficient (Wildman–Crippen LogP) is 1.45. The summed E-state index contributed by atoms with van der Waals surface area (Å²) in [5.74, 6) is 2.19. The van der Waals surface area contributed by atoms with E-state index < -0.39 is 23.1 Å². The maximum Gasteiger partial charge on any atom is 0.255 e. The van der Waals surface area contributed by atoms with Crippen molar-refractivity contribution < 1.29 is 13.6 Å². The standard InChI is InChI=1S/C16H12F2N6O/c17-9-5-11-14(21-6-24(11)7-1-2-7)13(18)8(9)3-4-10-12(16(20)25)15(19)23-22-10/h5-7H,1-2H2,(H2,20,25)(H3,19,22,23). The molecule has 4 rings (SSSR count). The van der Waals surface area contributed by atoms with Crippen molar-refractivity contribution in [1.82, 2.24) is 19.7 Å². The number of primary amides is 1. The van der Waals surface area contributed by atoms with Gasteiger partial charge < -0.3 is 16.0 Å². The van der Waals surface area contributed by atoms with Crippen LogP contribution in [0.4, 0.5) is 14.6 Å². The van der Waals surface area contributed by atoms with Crippen LogP contribution in [0.1, 0.15) is 40.5 Å². The molecule has 0 bridgehead atoms. The molecular weight excluding hydrogens is 330 g/mol. The van der Waals surface area contributed by atoms with Crippen molar-refractivity contribution in [2.24, 2.45) is 5.73 Å². The predicted molar refractivity (Wildman–Crippen MR) is 85.4 cm³/mol. The molecule has 1 aromatic carbocycles. The van der Waals surface area contributed by atoms with E-state index in [1.807, 2.05) is 0 Å². The molecule has 9 heteroatoms. The Morgan fingerprint density at radius 3 is 2.80 bits per heavy atom. The number of hydrogen-bond donors (Lipinski definition) is 3. The minimum absolute atomic E-state index is 0.00703. The number of H-pyrrole nitrogens is 1. The highest BCUT2D eigenvalue weighted by Gasteiger charge is 2.27. The van der Waals surface area contributed by atoms with Crippen LogP contribution in [0.3, 0.4) is 0 Å². The molecule has 126 valence electrons. The number of aromatic nitrogens is 4. The zero-order valence-electron chi connectivity index (χ0n) is 12.8. The molecule has 1 fully saturated rings. The van der Waals surface area contributed by atoms with E-state index in [1.54, 1.807) is 4.57 Å². The highest BCUT2D eigenvalue weighted by molar-refractivity contribution is 5.99. The lowest BCUT2D eigenvalue weighted by Gasteiger charge is -2.03. The van der Waals surface area contributed by atoms with Gasteiger partial charge in [0.1, 0.15) is 22.6 Å². The first kappa shape index (κ1) is 15.1. The molecule has 1 aliphatic rings. The summed E-state index contributed by atoms with van der Waals surface area (Å²) < 4.78 is 30.8. The zero-order chi connectivity index (χ0) is 17.7. The zero-order valence-corrected chi connectivity index (χ0v) is 12.8. The van der Waals surface area contributed by atoms with Gasteiger partial charge in [-0.1, -0.05) is 5.92 Å². The number of aromatic amines is 1. The Kier molecular flexibility index (Phi) is 3.21. The molecule has 1 amide bonds. The quantitative estimate of drug-likeness (QED) is 0.611. The second-order valence-electron chi connectivity index (χ2n) is 5.77. The van der Waals surface area contributed by atoms with Crippen LogP contribution < -0.4 is 11.5 Å². The topological polar surface area (TPSA) is 116 Å². The molecule has 0 radical (unpaired) electrons. The van der Waals surface area contributed by atoms with E-state index >= 15 is 0 Å². The normalized spacial score (nSPS) is 13.7. The number of hydrogen-bond acceptors (Lipinski definition) is 4. The molecular formula is C16H12F2N6O. The van der Waals surface area contributed by atoms with Gasteiger partial charge in [0, 0.05) is 12.1 Å². The molecule has 25 heavy (non-hydrogen) atoms. The molecule has 0 spiro atoms. The van der Waals surface area contributed by atoms with E-state index in [9.17, 15) is 13.6 Å². The van der Waals surface area contributed by atoms with E-state index in [0.717, 1.165) is 12.8 Å². The highest BCUT2D eigenvalue weighted by atomic mass is 19.1. The molecule has 0 aliphatic heterocycles. The summed E-state index contributed by atoms with van der Waals surface area (Å²) in [5, 5.41) is 6.04. The fourth-order valence-corrected chi connectivity index (χ4v) is 2.68. The van der Waals surface area contributed by atoms with Crippen molar-refractivity contribution in [2.75, 3.05) is 5.73 Å². The van der Waals surface area contributed by atoms with Crippen molar-refractivity contribution in [1.29, 1.82) is 0 Å². The van der Waals surface area contributed by atoms with Crippen LogP contribution in [0.5, 0.6) is 0 Å². The van der Waals surface area contributed by atoms with E-state index in [1.165, 1.54) is 12.4 Å². The number of carbonyl (C=O) groups excluding carboxylic acids is 1. The van der Waals surface area contributed by atoms with Gasteiger partial charge >= 0.3 is 0 Å². The third kappa shape index (κ3) is 2.39. The molecule has 1 saturated carbocycles. The van der Waals surface area contributed by atoms with E-state index in [4.69, 9.17) is 11.5 Å². The summed E-state index contributed by atoms with van der Waals surface area (Å²) >= 11 is 0. The van der Waals surface area contributed by atoms with Crippen LogP contribution in [0, 0.1) is 23.5 Å². The molecule has 7 nitrogen and oxygen atoms in total. The molecule has 3 aromatic rings. The van der Waals surface area contributed by atoms with E-state index in [-0.39, 0.29) is 28.6 Å². The second-order valence-corrected chi connectivity index (χ2v) is 5.77. The van der Waals surface area contributed by atoms with Gasteiger partial charge in [-0.15, -0.1) is 0 Å². The van der Waals surface area contributed by atoms with Crippen LogP contribution in [0.15, 0.2) is 12.4 Å². The number of anilines is 1. The SMILES string of the molecule is NC(=O)c1c(N)n[nH]c1C#Cc1c(F)cc2c(ncn2C2CC2)c1F. The third-order valence-corrected chi connectivity index (χ3v) is 4.06. The van der Waals surface area contributed by atoms with Crippen molar-refractivity contribution in [3.8, 4) is 11.8 Å². The number of rotatable bonds is 2. The van der Waals surface area contributed by atoms with Gasteiger partial charge in [-0.05, 0) is 18.8 Å². The lowest BCUT2D eigenvalue weighted by Crippen LogP contribution is -2.13. The van der Waals surface area contributed by atoms with Crippen LogP contribution in [0.25, 0.3) is 11.0 Å². The number of nitrogens with zero attached hydrogens (tertiary/aromatic N) is 3. The lowest BCUT2D eigenvalue weighted by atomic mass is 10.1. The summed E-state index contributed by atoms with van der Waals surface area (Å²) in [6.07, 6.45) is 3.43. The molecule has 0 atom stereocenters. The third-order valence-electron chi connectivity index (χ3n) is 4.06. The van der Waals surface area contributed by atoms with Crippen molar-refractivity contribution in [2.45, 2.75) is 18.9 Å². The fraction of sp³-hybridized carbons (Fsp3) is 0.188. The summed E-state index contributed by atoms with van der Waals surface area (Å²) in [4.78, 5) is 15.4. The largest absolute Gasteiger partial charge is 0.382 e. The first-order valence-electron chi connectivity index (χ1n) is 7.47. The monoisotopic (exact) mass is 342 g/mol. The van der Waals surface area contributed by atoms with Crippen molar-refractivity contribution in [3.05, 3.63) is 40.8 Å². The summed E-state index contributed by atoms with van der Waals surface area (Å²) in [5.41, 5.74) is 10.6. The number of imidazole rings is 1. The maximum atomic E-state index is 14.6. The van der Waals surface area contributed by atoms with Gasteiger partial charge in [0.05, 0.1) is 17.4 Å². The Morgan fingerprint density at radius 1 is 1.36 bits per heavy atom. The Labute approximate surface area is 140 Å².